The number of carboxylic acids is 1. The highest BCUT2D eigenvalue weighted by Crippen LogP contribution is 2.32. The average Bonchev–Trinajstić information content (AvgIpc) is 3.06. The molecule has 0 aromatic heterocycles. The summed E-state index contributed by atoms with van der Waals surface area (Å²) in [4.78, 5) is 23.3. The molecule has 0 heterocycles. The first kappa shape index (κ1) is 16.1. The van der Waals surface area contributed by atoms with Gasteiger partial charge < -0.3 is 15.2 Å². The van der Waals surface area contributed by atoms with Gasteiger partial charge in [0.25, 0.3) is 0 Å². The molecule has 1 saturated carbocycles. The molecule has 2 atom stereocenters. The number of para-hydroxylation sites is 1. The monoisotopic (exact) mass is 325 g/mol. The average molecular weight is 325 g/mol. The number of hydrogen-bond acceptors (Lipinski definition) is 3. The smallest absolute Gasteiger partial charge is 0.306 e. The summed E-state index contributed by atoms with van der Waals surface area (Å²) in [7, 11) is 0. The van der Waals surface area contributed by atoms with Gasteiger partial charge in [0.1, 0.15) is 11.5 Å². The maximum Gasteiger partial charge on any atom is 0.306 e. The molecular formula is C19H19NO4. The molecule has 1 amide bonds. The van der Waals surface area contributed by atoms with E-state index in [2.05, 4.69) is 5.32 Å². The van der Waals surface area contributed by atoms with Crippen LogP contribution in [0, 0.1) is 11.8 Å². The first-order valence-electron chi connectivity index (χ1n) is 7.98. The van der Waals surface area contributed by atoms with Crippen molar-refractivity contribution in [2.24, 2.45) is 11.8 Å². The quantitative estimate of drug-likeness (QED) is 0.873. The van der Waals surface area contributed by atoms with E-state index in [1.54, 1.807) is 12.1 Å². The van der Waals surface area contributed by atoms with Crippen molar-refractivity contribution >= 4 is 17.6 Å². The third-order valence-corrected chi connectivity index (χ3v) is 4.23. The third-order valence-electron chi connectivity index (χ3n) is 4.23. The summed E-state index contributed by atoms with van der Waals surface area (Å²) < 4.78 is 5.75. The Labute approximate surface area is 140 Å². The van der Waals surface area contributed by atoms with Crippen LogP contribution in [0.3, 0.4) is 0 Å². The molecule has 0 unspecified atom stereocenters. The molecule has 0 aliphatic heterocycles. The van der Waals surface area contributed by atoms with E-state index in [-0.39, 0.29) is 11.8 Å². The lowest BCUT2D eigenvalue weighted by Gasteiger charge is -2.12. The van der Waals surface area contributed by atoms with E-state index in [0.717, 1.165) is 5.75 Å². The van der Waals surface area contributed by atoms with E-state index in [9.17, 15) is 9.59 Å². The molecule has 3 rings (SSSR count). The highest BCUT2D eigenvalue weighted by molar-refractivity contribution is 5.93. The van der Waals surface area contributed by atoms with Crippen LogP contribution in [-0.4, -0.2) is 17.0 Å². The summed E-state index contributed by atoms with van der Waals surface area (Å²) in [5, 5.41) is 11.9. The SMILES string of the molecule is O=C(O)[C@@H]1CC[C@H](C(=O)Nc2cccc(Oc3ccccc3)c2)C1. The van der Waals surface area contributed by atoms with E-state index >= 15 is 0 Å². The van der Waals surface area contributed by atoms with Gasteiger partial charge in [0.2, 0.25) is 5.91 Å². The standard InChI is InChI=1S/C19H19NO4/c21-18(13-9-10-14(11-13)19(22)23)20-15-5-4-8-17(12-15)24-16-6-2-1-3-7-16/h1-8,12-14H,9-11H2,(H,20,21)(H,22,23)/t13-,14+/m0/s1. The molecule has 0 radical (unpaired) electrons. The van der Waals surface area contributed by atoms with Crippen LogP contribution in [0.5, 0.6) is 11.5 Å². The second-order valence-corrected chi connectivity index (χ2v) is 5.98. The molecule has 5 nitrogen and oxygen atoms in total. The van der Waals surface area contributed by atoms with Crippen molar-refractivity contribution in [1.29, 1.82) is 0 Å². The molecule has 2 aromatic carbocycles. The Morgan fingerprint density at radius 3 is 2.38 bits per heavy atom. The largest absolute Gasteiger partial charge is 0.481 e. The maximum atomic E-state index is 12.3. The van der Waals surface area contributed by atoms with Gasteiger partial charge in [-0.25, -0.2) is 0 Å². The lowest BCUT2D eigenvalue weighted by molar-refractivity contribution is -0.141. The number of rotatable bonds is 5. The molecule has 24 heavy (non-hydrogen) atoms. The number of nitrogens with one attached hydrogen (secondary N) is 1. The minimum Gasteiger partial charge on any atom is -0.481 e. The van der Waals surface area contributed by atoms with Crippen molar-refractivity contribution in [3.63, 3.8) is 0 Å². The molecule has 1 aliphatic rings. The normalized spacial score (nSPS) is 19.7. The van der Waals surface area contributed by atoms with Crippen molar-refractivity contribution in [2.45, 2.75) is 19.3 Å². The molecule has 124 valence electrons. The van der Waals surface area contributed by atoms with Crippen molar-refractivity contribution in [3.05, 3.63) is 54.6 Å². The van der Waals surface area contributed by atoms with Crippen LogP contribution in [-0.2, 0) is 9.59 Å². The fourth-order valence-electron chi connectivity index (χ4n) is 2.95. The second-order valence-electron chi connectivity index (χ2n) is 5.98. The zero-order chi connectivity index (χ0) is 16.9. The summed E-state index contributed by atoms with van der Waals surface area (Å²) in [6.07, 6.45) is 1.58. The summed E-state index contributed by atoms with van der Waals surface area (Å²) in [6.45, 7) is 0. The number of anilines is 1. The van der Waals surface area contributed by atoms with E-state index in [1.165, 1.54) is 0 Å². The van der Waals surface area contributed by atoms with Crippen LogP contribution in [0.15, 0.2) is 54.6 Å². The van der Waals surface area contributed by atoms with E-state index in [4.69, 9.17) is 9.84 Å². The Bertz CT molecular complexity index is 729. The van der Waals surface area contributed by atoms with Gasteiger partial charge in [0.05, 0.1) is 5.92 Å². The summed E-state index contributed by atoms with van der Waals surface area (Å²) >= 11 is 0. The van der Waals surface area contributed by atoms with Crippen LogP contribution in [0.4, 0.5) is 5.69 Å². The van der Waals surface area contributed by atoms with Gasteiger partial charge in [-0.15, -0.1) is 0 Å². The highest BCUT2D eigenvalue weighted by atomic mass is 16.5. The Morgan fingerprint density at radius 2 is 1.67 bits per heavy atom. The first-order chi connectivity index (χ1) is 11.6. The zero-order valence-corrected chi connectivity index (χ0v) is 13.1. The fraction of sp³-hybridized carbons (Fsp3) is 0.263. The number of carboxylic acid groups (broad SMARTS) is 1. The topological polar surface area (TPSA) is 75.6 Å². The summed E-state index contributed by atoms with van der Waals surface area (Å²) in [5.74, 6) is -0.243. The van der Waals surface area contributed by atoms with Crippen molar-refractivity contribution in [1.82, 2.24) is 0 Å². The van der Waals surface area contributed by atoms with E-state index in [0.29, 0.717) is 30.7 Å². The molecule has 2 N–H and O–H groups in total. The molecule has 1 aliphatic carbocycles. The molecule has 2 aromatic rings. The van der Waals surface area contributed by atoms with Gasteiger partial charge in [-0.1, -0.05) is 24.3 Å². The molecule has 1 fully saturated rings. The van der Waals surface area contributed by atoms with Gasteiger partial charge in [0, 0.05) is 17.7 Å². The van der Waals surface area contributed by atoms with Gasteiger partial charge in [-0.05, 0) is 43.5 Å². The fourth-order valence-corrected chi connectivity index (χ4v) is 2.95. The summed E-state index contributed by atoms with van der Waals surface area (Å²) in [5.41, 5.74) is 0.646. The minimum atomic E-state index is -0.816. The van der Waals surface area contributed by atoms with Crippen molar-refractivity contribution < 1.29 is 19.4 Å². The van der Waals surface area contributed by atoms with Crippen LogP contribution < -0.4 is 10.1 Å². The number of aliphatic carboxylic acids is 1. The number of carbonyl (C=O) groups is 2. The molecule has 0 bridgehead atoms. The Hall–Kier alpha value is -2.82. The number of benzene rings is 2. The first-order valence-corrected chi connectivity index (χ1v) is 7.98. The van der Waals surface area contributed by atoms with Gasteiger partial charge in [0.15, 0.2) is 0 Å². The number of amides is 1. The third kappa shape index (κ3) is 3.93. The van der Waals surface area contributed by atoms with Gasteiger partial charge >= 0.3 is 5.97 Å². The van der Waals surface area contributed by atoms with Crippen LogP contribution in [0.1, 0.15) is 19.3 Å². The number of carbonyl (C=O) groups excluding carboxylic acids is 1. The van der Waals surface area contributed by atoms with Crippen LogP contribution in [0.25, 0.3) is 0 Å². The Kier molecular flexibility index (Phi) is 4.79. The lowest BCUT2D eigenvalue weighted by Crippen LogP contribution is -2.21. The Balaban J connectivity index is 1.62. The van der Waals surface area contributed by atoms with Gasteiger partial charge in [-0.2, -0.15) is 0 Å². The molecule has 0 saturated heterocycles. The zero-order valence-electron chi connectivity index (χ0n) is 13.1. The van der Waals surface area contributed by atoms with E-state index < -0.39 is 11.9 Å². The summed E-state index contributed by atoms with van der Waals surface area (Å²) in [6, 6.07) is 16.6. The van der Waals surface area contributed by atoms with Crippen LogP contribution >= 0.6 is 0 Å². The highest BCUT2D eigenvalue weighted by Gasteiger charge is 2.33. The van der Waals surface area contributed by atoms with Crippen molar-refractivity contribution in [2.75, 3.05) is 5.32 Å². The maximum absolute atomic E-state index is 12.3. The van der Waals surface area contributed by atoms with Crippen LogP contribution in [0.2, 0.25) is 0 Å². The molecule has 0 spiro atoms. The molecular weight excluding hydrogens is 306 g/mol. The second kappa shape index (κ2) is 7.17. The predicted molar refractivity (Wildman–Crippen MR) is 90.1 cm³/mol. The van der Waals surface area contributed by atoms with E-state index in [1.807, 2.05) is 42.5 Å². The minimum absolute atomic E-state index is 0.129. The molecule has 5 heteroatoms. The van der Waals surface area contributed by atoms with Crippen molar-refractivity contribution in [3.8, 4) is 11.5 Å². The van der Waals surface area contributed by atoms with Gasteiger partial charge in [-0.3, -0.25) is 9.59 Å². The number of hydrogen-bond donors (Lipinski definition) is 2. The number of ether oxygens (including phenoxy) is 1. The lowest BCUT2D eigenvalue weighted by atomic mass is 10.0. The Morgan fingerprint density at radius 1 is 0.958 bits per heavy atom. The predicted octanol–water partition coefficient (Wildman–Crippen LogP) is 3.92.